The van der Waals surface area contributed by atoms with Gasteiger partial charge < -0.3 is 5.11 Å². The lowest BCUT2D eigenvalue weighted by Gasteiger charge is -2.04. The summed E-state index contributed by atoms with van der Waals surface area (Å²) in [5.74, 6) is -0.955. The number of carboxylic acid groups (broad SMARTS) is 1. The van der Waals surface area contributed by atoms with Crippen LogP contribution in [-0.4, -0.2) is 41.2 Å². The number of hydrogen-bond acceptors (Lipinski definition) is 4. The van der Waals surface area contributed by atoms with E-state index in [-0.39, 0.29) is 6.67 Å². The van der Waals surface area contributed by atoms with Gasteiger partial charge in [0.1, 0.15) is 6.04 Å². The minimum Gasteiger partial charge on any atom is -0.480 e. The molecule has 0 aromatic heterocycles. The third kappa shape index (κ3) is 7.12. The molecule has 0 saturated heterocycles. The fourth-order valence-corrected chi connectivity index (χ4v) is 1.70. The molecule has 0 saturated carbocycles. The Morgan fingerprint density at radius 1 is 1.43 bits per heavy atom. The van der Waals surface area contributed by atoms with Gasteiger partial charge in [-0.1, -0.05) is 41.9 Å². The van der Waals surface area contributed by atoms with E-state index in [9.17, 15) is 4.79 Å². The van der Waals surface area contributed by atoms with Crippen LogP contribution >= 0.6 is 0 Å². The molecule has 0 heterocycles. The number of hydrogen-bond donors (Lipinski definition) is 3. The molecule has 4 N–H and O–H groups in total. The Hall–Kier alpha value is -2.34. The summed E-state index contributed by atoms with van der Waals surface area (Å²) < 4.78 is 1.19. The topological polar surface area (TPSA) is 103 Å². The molecule has 0 aliphatic rings. The summed E-state index contributed by atoms with van der Waals surface area (Å²) in [4.78, 5) is 15.1. The quantitative estimate of drug-likeness (QED) is 0.280. The molecule has 0 bridgehead atoms. The van der Waals surface area contributed by atoms with Gasteiger partial charge in [0.15, 0.2) is 6.54 Å². The summed E-state index contributed by atoms with van der Waals surface area (Å²) in [6.07, 6.45) is 6.05. The summed E-state index contributed by atoms with van der Waals surface area (Å²) in [5.41, 5.74) is 13.7. The van der Waals surface area contributed by atoms with E-state index in [1.807, 2.05) is 36.4 Å². The highest BCUT2D eigenvalue weighted by Crippen LogP contribution is 2.03. The predicted octanol–water partition coefficient (Wildman–Crippen LogP) is 1.96. The monoisotopic (exact) mass is 289 g/mol. The lowest BCUT2D eigenvalue weighted by molar-refractivity contribution is -0.614. The van der Waals surface area contributed by atoms with Crippen molar-refractivity contribution in [2.45, 2.75) is 18.9 Å². The first-order valence-corrected chi connectivity index (χ1v) is 6.77. The molecule has 6 nitrogen and oxygen atoms in total. The van der Waals surface area contributed by atoms with Crippen LogP contribution in [0.4, 0.5) is 0 Å². The molecule has 0 amide bonds. The predicted molar refractivity (Wildman–Crippen MR) is 81.5 cm³/mol. The number of nitrogens with two attached hydrogens (primary N) is 1. The molecule has 0 aliphatic carbocycles. The van der Waals surface area contributed by atoms with E-state index in [2.05, 4.69) is 4.99 Å². The van der Waals surface area contributed by atoms with Crippen molar-refractivity contribution in [3.05, 3.63) is 42.0 Å². The fraction of sp³-hybridized carbons (Fsp3) is 0.333. The molecule has 112 valence electrons. The smallest absolute Gasteiger partial charge is 0.328 e. The summed E-state index contributed by atoms with van der Waals surface area (Å²) in [6.45, 7) is 0.580. The van der Waals surface area contributed by atoms with E-state index in [0.717, 1.165) is 5.56 Å². The second kappa shape index (κ2) is 9.55. The van der Waals surface area contributed by atoms with Crippen molar-refractivity contribution in [2.75, 3.05) is 13.2 Å². The fourth-order valence-electron chi connectivity index (χ4n) is 1.70. The van der Waals surface area contributed by atoms with E-state index in [1.54, 1.807) is 6.08 Å². The van der Waals surface area contributed by atoms with Gasteiger partial charge in [-0.15, -0.1) is 4.70 Å². The molecule has 1 atom stereocenters. The minimum absolute atomic E-state index is 0.140. The number of nitrogens with zero attached hydrogens (tertiary/aromatic N) is 2. The average molecular weight is 289 g/mol. The Morgan fingerprint density at radius 2 is 2.14 bits per heavy atom. The number of carbonyl (C=O) groups is 1. The SMILES string of the molecule is N=[N+](CN)CCC[C@H](N=C/C=C/c1ccccc1)C(=O)O. The Bertz CT molecular complexity index is 512. The molecule has 0 radical (unpaired) electrons. The van der Waals surface area contributed by atoms with Crippen molar-refractivity contribution >= 4 is 18.3 Å². The average Bonchev–Trinajstić information content (AvgIpc) is 2.50. The van der Waals surface area contributed by atoms with Crippen LogP contribution in [0.1, 0.15) is 18.4 Å². The highest BCUT2D eigenvalue weighted by molar-refractivity contribution is 5.82. The van der Waals surface area contributed by atoms with Crippen LogP contribution in [0.3, 0.4) is 0 Å². The van der Waals surface area contributed by atoms with Crippen molar-refractivity contribution < 1.29 is 14.6 Å². The van der Waals surface area contributed by atoms with Gasteiger partial charge >= 0.3 is 5.97 Å². The minimum atomic E-state index is -0.955. The lowest BCUT2D eigenvalue weighted by Crippen LogP contribution is -2.22. The van der Waals surface area contributed by atoms with Gasteiger partial charge in [-0.05, 0) is 18.1 Å². The maximum absolute atomic E-state index is 11.1. The van der Waals surface area contributed by atoms with E-state index in [4.69, 9.17) is 16.4 Å². The Balaban J connectivity index is 2.46. The van der Waals surface area contributed by atoms with Crippen LogP contribution in [0.15, 0.2) is 41.4 Å². The Labute approximate surface area is 124 Å². The van der Waals surface area contributed by atoms with Crippen molar-refractivity contribution in [3.63, 3.8) is 0 Å². The molecule has 0 fully saturated rings. The second-order valence-corrected chi connectivity index (χ2v) is 4.51. The number of carboxylic acids is 1. The molecule has 0 unspecified atom stereocenters. The zero-order valence-corrected chi connectivity index (χ0v) is 11.9. The maximum Gasteiger partial charge on any atom is 0.328 e. The molecule has 21 heavy (non-hydrogen) atoms. The molecule has 6 heteroatoms. The first-order valence-electron chi connectivity index (χ1n) is 6.77. The van der Waals surface area contributed by atoms with E-state index < -0.39 is 12.0 Å². The Kier molecular flexibility index (Phi) is 7.60. The largest absolute Gasteiger partial charge is 0.480 e. The van der Waals surface area contributed by atoms with E-state index >= 15 is 0 Å². The Morgan fingerprint density at radius 3 is 2.76 bits per heavy atom. The molecule has 1 aromatic rings. The van der Waals surface area contributed by atoms with E-state index in [1.165, 1.54) is 10.9 Å². The zero-order chi connectivity index (χ0) is 15.5. The van der Waals surface area contributed by atoms with Crippen molar-refractivity contribution in [3.8, 4) is 0 Å². The third-order valence-electron chi connectivity index (χ3n) is 2.85. The van der Waals surface area contributed by atoms with Crippen molar-refractivity contribution in [2.24, 2.45) is 10.7 Å². The summed E-state index contributed by atoms with van der Waals surface area (Å²) in [5, 5.41) is 9.09. The van der Waals surface area contributed by atoms with Gasteiger partial charge in [0.25, 0.3) is 0 Å². The van der Waals surface area contributed by atoms with Gasteiger partial charge in [-0.25, -0.2) is 4.79 Å². The normalized spacial score (nSPS) is 12.8. The molecule has 0 aliphatic heterocycles. The highest BCUT2D eigenvalue weighted by atomic mass is 16.4. The number of aliphatic carboxylic acids is 1. The number of aliphatic imine (C=N–C) groups is 1. The van der Waals surface area contributed by atoms with Crippen LogP contribution in [0.2, 0.25) is 0 Å². The number of benzene rings is 1. The van der Waals surface area contributed by atoms with Gasteiger partial charge in [0, 0.05) is 12.6 Å². The first-order chi connectivity index (χ1) is 10.1. The van der Waals surface area contributed by atoms with Crippen LogP contribution in [0.5, 0.6) is 0 Å². The van der Waals surface area contributed by atoms with Crippen LogP contribution in [0.25, 0.3) is 6.08 Å². The number of allylic oxidation sites excluding steroid dienone is 1. The highest BCUT2D eigenvalue weighted by Gasteiger charge is 2.15. The van der Waals surface area contributed by atoms with Gasteiger partial charge in [-0.2, -0.15) is 0 Å². The van der Waals surface area contributed by atoms with Crippen molar-refractivity contribution in [1.29, 1.82) is 5.53 Å². The second-order valence-electron chi connectivity index (χ2n) is 4.51. The molecular formula is C15H21N4O2+. The van der Waals surface area contributed by atoms with Gasteiger partial charge in [-0.3, -0.25) is 10.7 Å². The molecule has 0 spiro atoms. The van der Waals surface area contributed by atoms with Gasteiger partial charge in [0.2, 0.25) is 6.67 Å². The zero-order valence-electron chi connectivity index (χ0n) is 11.9. The summed E-state index contributed by atoms with van der Waals surface area (Å²) in [6, 6.07) is 8.92. The third-order valence-corrected chi connectivity index (χ3v) is 2.85. The summed E-state index contributed by atoms with van der Waals surface area (Å²) in [7, 11) is 0. The summed E-state index contributed by atoms with van der Waals surface area (Å²) >= 11 is 0. The maximum atomic E-state index is 11.1. The van der Waals surface area contributed by atoms with Crippen LogP contribution in [0, 0.1) is 5.53 Å². The molecule has 1 rings (SSSR count). The van der Waals surface area contributed by atoms with Crippen LogP contribution < -0.4 is 5.73 Å². The van der Waals surface area contributed by atoms with Gasteiger partial charge in [0.05, 0.1) is 0 Å². The number of rotatable bonds is 9. The lowest BCUT2D eigenvalue weighted by atomic mass is 10.1. The van der Waals surface area contributed by atoms with Crippen LogP contribution in [-0.2, 0) is 4.79 Å². The standard InChI is InChI=1S/C15H20N4O2/c16-12-19(17)11-5-9-14(15(20)21)18-10-4-8-13-6-2-1-3-7-13/h1-4,6-8,10,14,17H,5,9,11-12,16H2/p+1/b8-4+,18-10?,19-17?/t14-/m0/s1. The number of nitrogens with one attached hydrogen (secondary N) is 1. The molecular weight excluding hydrogens is 268 g/mol. The van der Waals surface area contributed by atoms with E-state index in [0.29, 0.717) is 19.4 Å². The van der Waals surface area contributed by atoms with Crippen molar-refractivity contribution in [1.82, 2.24) is 0 Å². The first kappa shape index (κ1) is 16.7. The molecule has 1 aromatic carbocycles.